The average Bonchev–Trinajstić information content (AvgIpc) is 2.56. The van der Waals surface area contributed by atoms with Crippen LogP contribution in [0.2, 0.25) is 0 Å². The molecule has 17 heavy (non-hydrogen) atoms. The zero-order valence-corrected chi connectivity index (χ0v) is 13.5. The van der Waals surface area contributed by atoms with E-state index in [-0.39, 0.29) is 3.74 Å². The smallest absolute Gasteiger partial charge is 0.264 e. The van der Waals surface area contributed by atoms with Crippen LogP contribution >= 0.6 is 31.9 Å². The van der Waals surface area contributed by atoms with Crippen molar-refractivity contribution in [2.75, 3.05) is 6.26 Å². The number of aromatic nitrogens is 2. The van der Waals surface area contributed by atoms with Gasteiger partial charge in [-0.05, 0) is 12.8 Å². The first kappa shape index (κ1) is 15.1. The lowest BCUT2D eigenvalue weighted by atomic mass is 10.2. The van der Waals surface area contributed by atoms with E-state index >= 15 is 0 Å². The fourth-order valence-electron chi connectivity index (χ4n) is 1.33. The van der Waals surface area contributed by atoms with Crippen molar-refractivity contribution >= 4 is 42.0 Å². The van der Waals surface area contributed by atoms with Crippen molar-refractivity contribution in [3.63, 3.8) is 0 Å². The fourth-order valence-corrected chi connectivity index (χ4v) is 3.01. The second-order valence-electron chi connectivity index (χ2n) is 3.74. The van der Waals surface area contributed by atoms with Gasteiger partial charge in [0, 0.05) is 13.2 Å². The molecular weight excluding hydrogens is 376 g/mol. The zero-order valence-electron chi connectivity index (χ0n) is 9.51. The van der Waals surface area contributed by atoms with Gasteiger partial charge in [0.1, 0.15) is 0 Å². The van der Waals surface area contributed by atoms with E-state index in [4.69, 9.17) is 4.18 Å². The number of alkyl halides is 2. The normalized spacial score (nSPS) is 14.2. The first-order valence-electron chi connectivity index (χ1n) is 4.91. The maximum Gasteiger partial charge on any atom is 0.264 e. The molecule has 0 amide bonds. The monoisotopic (exact) mass is 388 g/mol. The largest absolute Gasteiger partial charge is 0.340 e. The Morgan fingerprint density at radius 1 is 1.53 bits per heavy atom. The number of nitrogens with zero attached hydrogens (tertiary/aromatic N) is 2. The van der Waals surface area contributed by atoms with Gasteiger partial charge in [-0.1, -0.05) is 31.9 Å². The molecule has 0 radical (unpaired) electrons. The summed E-state index contributed by atoms with van der Waals surface area (Å²) in [6, 6.07) is 0. The summed E-state index contributed by atoms with van der Waals surface area (Å²) in [7, 11) is -1.57. The molecule has 0 aromatic carbocycles. The van der Waals surface area contributed by atoms with Crippen molar-refractivity contribution in [3.8, 4) is 0 Å². The van der Waals surface area contributed by atoms with Crippen LogP contribution in [0.15, 0.2) is 12.5 Å². The highest BCUT2D eigenvalue weighted by Crippen LogP contribution is 2.22. The van der Waals surface area contributed by atoms with Gasteiger partial charge >= 0.3 is 0 Å². The van der Waals surface area contributed by atoms with E-state index in [1.165, 1.54) is 0 Å². The van der Waals surface area contributed by atoms with Gasteiger partial charge in [-0.3, -0.25) is 4.18 Å². The van der Waals surface area contributed by atoms with Crippen LogP contribution in [0.25, 0.3) is 0 Å². The topological polar surface area (TPSA) is 61.2 Å². The molecule has 8 heteroatoms. The molecule has 1 unspecified atom stereocenters. The first-order chi connectivity index (χ1) is 7.78. The van der Waals surface area contributed by atoms with Crippen LogP contribution in [0.4, 0.5) is 0 Å². The molecule has 0 N–H and O–H groups in total. The predicted octanol–water partition coefficient (Wildman–Crippen LogP) is 1.81. The van der Waals surface area contributed by atoms with Gasteiger partial charge in [-0.15, -0.1) is 0 Å². The Morgan fingerprint density at radius 3 is 2.59 bits per heavy atom. The highest BCUT2D eigenvalue weighted by Gasteiger charge is 2.21. The molecule has 1 heterocycles. The van der Waals surface area contributed by atoms with E-state index in [9.17, 15) is 8.42 Å². The number of imidazole rings is 1. The van der Waals surface area contributed by atoms with Gasteiger partial charge in [0.25, 0.3) is 10.1 Å². The molecule has 0 spiro atoms. The van der Waals surface area contributed by atoms with Crippen molar-refractivity contribution in [3.05, 3.63) is 18.2 Å². The Labute approximate surface area is 118 Å². The van der Waals surface area contributed by atoms with Crippen molar-refractivity contribution in [1.29, 1.82) is 0 Å². The van der Waals surface area contributed by atoms with Crippen molar-refractivity contribution in [2.24, 2.45) is 7.05 Å². The van der Waals surface area contributed by atoms with Crippen LogP contribution in [-0.2, 0) is 27.8 Å². The SMILES string of the molecule is Cn1cnc(CCC(OS(C)(=O)=O)C(Br)Br)c1. The lowest BCUT2D eigenvalue weighted by molar-refractivity contribution is 0.220. The summed E-state index contributed by atoms with van der Waals surface area (Å²) in [5.41, 5.74) is 0.912. The summed E-state index contributed by atoms with van der Waals surface area (Å²) in [5.74, 6) is 0. The van der Waals surface area contributed by atoms with Crippen LogP contribution < -0.4 is 0 Å². The third kappa shape index (κ3) is 5.98. The van der Waals surface area contributed by atoms with Crippen LogP contribution in [-0.4, -0.2) is 34.1 Å². The Morgan fingerprint density at radius 2 is 2.18 bits per heavy atom. The van der Waals surface area contributed by atoms with E-state index in [2.05, 4.69) is 36.8 Å². The summed E-state index contributed by atoms with van der Waals surface area (Å²) >= 11 is 6.55. The summed E-state index contributed by atoms with van der Waals surface area (Å²) in [5, 5.41) is 0. The Hall–Kier alpha value is 0.0800. The molecule has 1 aromatic heterocycles. The Bertz CT molecular complexity index is 459. The van der Waals surface area contributed by atoms with Crippen molar-refractivity contribution in [1.82, 2.24) is 9.55 Å². The number of aryl methyl sites for hydroxylation is 2. The van der Waals surface area contributed by atoms with Crippen LogP contribution in [0.1, 0.15) is 12.1 Å². The quantitative estimate of drug-likeness (QED) is 0.549. The minimum atomic E-state index is -3.45. The van der Waals surface area contributed by atoms with Gasteiger partial charge in [0.05, 0.1) is 28.1 Å². The molecule has 0 bridgehead atoms. The van der Waals surface area contributed by atoms with Gasteiger partial charge in [-0.2, -0.15) is 8.42 Å². The molecule has 0 aliphatic rings. The van der Waals surface area contributed by atoms with Crippen LogP contribution in [0.5, 0.6) is 0 Å². The molecule has 1 rings (SSSR count). The molecule has 1 aromatic rings. The Kier molecular flexibility index (Phi) is 5.62. The Balaban J connectivity index is 2.56. The van der Waals surface area contributed by atoms with E-state index in [0.29, 0.717) is 12.8 Å². The summed E-state index contributed by atoms with van der Waals surface area (Å²) in [6.45, 7) is 0. The number of hydrogen-bond acceptors (Lipinski definition) is 4. The average molecular weight is 390 g/mol. The molecule has 98 valence electrons. The highest BCUT2D eigenvalue weighted by atomic mass is 79.9. The third-order valence-electron chi connectivity index (χ3n) is 2.02. The second kappa shape index (κ2) is 6.31. The minimum absolute atomic E-state index is 0.214. The third-order valence-corrected chi connectivity index (χ3v) is 3.80. The van der Waals surface area contributed by atoms with E-state index in [1.54, 1.807) is 6.33 Å². The standard InChI is InChI=1S/C9H14Br2N2O3S/c1-13-5-7(12-6-13)3-4-8(9(10)11)16-17(2,14)15/h5-6,8-9H,3-4H2,1-2H3. The predicted molar refractivity (Wildman–Crippen MR) is 72.9 cm³/mol. The molecule has 1 atom stereocenters. The summed E-state index contributed by atoms with van der Waals surface area (Å²) < 4.78 is 28.8. The molecule has 0 aliphatic heterocycles. The van der Waals surface area contributed by atoms with Crippen molar-refractivity contribution < 1.29 is 12.6 Å². The number of hydrogen-bond donors (Lipinski definition) is 0. The van der Waals surface area contributed by atoms with Gasteiger partial charge < -0.3 is 4.57 Å². The molecular formula is C9H14Br2N2O3S. The second-order valence-corrected chi connectivity index (χ2v) is 8.54. The molecule has 0 fully saturated rings. The molecule has 0 saturated heterocycles. The minimum Gasteiger partial charge on any atom is -0.340 e. The summed E-state index contributed by atoms with van der Waals surface area (Å²) in [6.07, 6.45) is 5.42. The van der Waals surface area contributed by atoms with Crippen molar-refractivity contribution in [2.45, 2.75) is 22.7 Å². The van der Waals surface area contributed by atoms with Crippen LogP contribution in [0.3, 0.4) is 0 Å². The van der Waals surface area contributed by atoms with Gasteiger partial charge in [-0.25, -0.2) is 4.98 Å². The van der Waals surface area contributed by atoms with Gasteiger partial charge in [0.2, 0.25) is 0 Å². The fraction of sp³-hybridized carbons (Fsp3) is 0.667. The number of halogens is 2. The maximum absolute atomic E-state index is 11.1. The number of rotatable bonds is 6. The van der Waals surface area contributed by atoms with Gasteiger partial charge in [0.15, 0.2) is 0 Å². The van der Waals surface area contributed by atoms with Crippen LogP contribution in [0, 0.1) is 0 Å². The highest BCUT2D eigenvalue weighted by molar-refractivity contribution is 9.24. The zero-order chi connectivity index (χ0) is 13.1. The van der Waals surface area contributed by atoms with E-state index in [0.717, 1.165) is 11.9 Å². The lowest BCUT2D eigenvalue weighted by Gasteiger charge is -2.16. The molecule has 0 saturated carbocycles. The van der Waals surface area contributed by atoms with E-state index < -0.39 is 16.2 Å². The molecule has 5 nitrogen and oxygen atoms in total. The lowest BCUT2D eigenvalue weighted by Crippen LogP contribution is -2.24. The summed E-state index contributed by atoms with van der Waals surface area (Å²) in [4.78, 5) is 4.17. The maximum atomic E-state index is 11.1. The molecule has 0 aliphatic carbocycles. The first-order valence-corrected chi connectivity index (χ1v) is 8.56. The van der Waals surface area contributed by atoms with E-state index in [1.807, 2.05) is 17.8 Å².